The lowest BCUT2D eigenvalue weighted by molar-refractivity contribution is -0.111. The molecule has 1 rings (SSSR count). The van der Waals surface area contributed by atoms with E-state index in [1.54, 1.807) is 0 Å². The second-order valence-corrected chi connectivity index (χ2v) is 3.31. The van der Waals surface area contributed by atoms with E-state index in [4.69, 9.17) is 11.6 Å². The molecule has 2 heteroatoms. The minimum absolute atomic E-state index is 0.129. The van der Waals surface area contributed by atoms with E-state index in [-0.39, 0.29) is 5.92 Å². The molecular weight excluding hydrogens is 148 g/mol. The minimum Gasteiger partial charge on any atom is -0.303 e. The summed E-state index contributed by atoms with van der Waals surface area (Å²) in [7, 11) is 0. The van der Waals surface area contributed by atoms with Crippen LogP contribution in [0.1, 0.15) is 25.7 Å². The van der Waals surface area contributed by atoms with Crippen LogP contribution < -0.4 is 0 Å². The number of rotatable bonds is 3. The number of carbonyl (C=O) groups excluding carboxylic acids is 1. The number of carbonyl (C=O) groups is 1. The van der Waals surface area contributed by atoms with Gasteiger partial charge in [-0.1, -0.05) is 12.8 Å². The second-order valence-electron chi connectivity index (χ2n) is 3.00. The van der Waals surface area contributed by atoms with E-state index in [0.717, 1.165) is 6.29 Å². The molecule has 0 aromatic carbocycles. The molecule has 1 fully saturated rings. The zero-order chi connectivity index (χ0) is 7.40. The molecule has 0 saturated heterocycles. The molecule has 1 nitrogen and oxygen atoms in total. The highest BCUT2D eigenvalue weighted by Crippen LogP contribution is 2.30. The number of hydrogen-bond donors (Lipinski definition) is 0. The van der Waals surface area contributed by atoms with Gasteiger partial charge in [0, 0.05) is 11.8 Å². The summed E-state index contributed by atoms with van der Waals surface area (Å²) < 4.78 is 0. The van der Waals surface area contributed by atoms with Gasteiger partial charge in [-0.3, -0.25) is 0 Å². The first-order valence-electron chi connectivity index (χ1n) is 3.89. The Morgan fingerprint density at radius 2 is 2.10 bits per heavy atom. The number of alkyl halides is 1. The maximum atomic E-state index is 10.4. The first kappa shape index (κ1) is 8.06. The Kier molecular flexibility index (Phi) is 3.20. The van der Waals surface area contributed by atoms with E-state index >= 15 is 0 Å². The van der Waals surface area contributed by atoms with Gasteiger partial charge in [-0.05, 0) is 18.8 Å². The zero-order valence-corrected chi connectivity index (χ0v) is 6.81. The Labute approximate surface area is 66.8 Å². The maximum absolute atomic E-state index is 10.4. The van der Waals surface area contributed by atoms with Crippen molar-refractivity contribution in [2.24, 2.45) is 11.8 Å². The quantitative estimate of drug-likeness (QED) is 0.457. The molecule has 1 saturated carbocycles. The minimum atomic E-state index is 0.129. The van der Waals surface area contributed by atoms with Crippen LogP contribution in [0.25, 0.3) is 0 Å². The van der Waals surface area contributed by atoms with Crippen molar-refractivity contribution < 1.29 is 4.79 Å². The van der Waals surface area contributed by atoms with E-state index in [1.165, 1.54) is 25.7 Å². The molecule has 1 unspecified atom stereocenters. The summed E-state index contributed by atoms with van der Waals surface area (Å²) >= 11 is 5.62. The Morgan fingerprint density at radius 3 is 2.50 bits per heavy atom. The van der Waals surface area contributed by atoms with Gasteiger partial charge in [0.05, 0.1) is 0 Å². The van der Waals surface area contributed by atoms with Crippen molar-refractivity contribution in [2.45, 2.75) is 25.7 Å². The highest BCUT2D eigenvalue weighted by Gasteiger charge is 2.23. The highest BCUT2D eigenvalue weighted by molar-refractivity contribution is 6.18. The van der Waals surface area contributed by atoms with Crippen molar-refractivity contribution >= 4 is 17.9 Å². The van der Waals surface area contributed by atoms with Gasteiger partial charge in [0.15, 0.2) is 0 Å². The summed E-state index contributed by atoms with van der Waals surface area (Å²) in [5, 5.41) is 0. The molecule has 0 bridgehead atoms. The van der Waals surface area contributed by atoms with Gasteiger partial charge in [-0.2, -0.15) is 0 Å². The van der Waals surface area contributed by atoms with E-state index in [9.17, 15) is 4.79 Å². The van der Waals surface area contributed by atoms with Crippen LogP contribution in [0.2, 0.25) is 0 Å². The summed E-state index contributed by atoms with van der Waals surface area (Å²) in [6.45, 7) is 0. The topological polar surface area (TPSA) is 17.1 Å². The molecule has 0 amide bonds. The largest absolute Gasteiger partial charge is 0.303 e. The molecule has 1 aliphatic rings. The van der Waals surface area contributed by atoms with Gasteiger partial charge in [-0.15, -0.1) is 11.6 Å². The van der Waals surface area contributed by atoms with Crippen molar-refractivity contribution in [3.05, 3.63) is 0 Å². The van der Waals surface area contributed by atoms with Gasteiger partial charge in [0.25, 0.3) is 0 Å². The average Bonchev–Trinajstić information content (AvgIpc) is 2.43. The number of aldehydes is 1. The highest BCUT2D eigenvalue weighted by atomic mass is 35.5. The molecule has 0 radical (unpaired) electrons. The predicted octanol–water partition coefficient (Wildman–Crippen LogP) is 2.23. The lowest BCUT2D eigenvalue weighted by atomic mass is 9.94. The Balaban J connectivity index is 2.36. The summed E-state index contributed by atoms with van der Waals surface area (Å²) in [6, 6.07) is 0. The van der Waals surface area contributed by atoms with Crippen LogP contribution in [0, 0.1) is 11.8 Å². The first-order valence-corrected chi connectivity index (χ1v) is 4.43. The van der Waals surface area contributed by atoms with E-state index < -0.39 is 0 Å². The van der Waals surface area contributed by atoms with Crippen molar-refractivity contribution in [3.63, 3.8) is 0 Å². The smallest absolute Gasteiger partial charge is 0.124 e. The SMILES string of the molecule is O=CC(CCl)C1CCCC1. The number of hydrogen-bond acceptors (Lipinski definition) is 1. The summed E-state index contributed by atoms with van der Waals surface area (Å²) in [5.74, 6) is 1.23. The Bertz CT molecular complexity index is 108. The normalized spacial score (nSPS) is 22.9. The molecule has 1 atom stereocenters. The molecule has 0 N–H and O–H groups in total. The summed E-state index contributed by atoms with van der Waals surface area (Å²) in [5.41, 5.74) is 0. The first-order chi connectivity index (χ1) is 4.88. The van der Waals surface area contributed by atoms with Crippen LogP contribution in [0.3, 0.4) is 0 Å². The van der Waals surface area contributed by atoms with E-state index in [0.29, 0.717) is 11.8 Å². The molecule has 1 aliphatic carbocycles. The van der Waals surface area contributed by atoms with Gasteiger partial charge >= 0.3 is 0 Å². The third-order valence-corrected chi connectivity index (χ3v) is 2.71. The lowest BCUT2D eigenvalue weighted by Gasteiger charge is -2.13. The third-order valence-electron chi connectivity index (χ3n) is 2.36. The fourth-order valence-corrected chi connectivity index (χ4v) is 1.98. The fourth-order valence-electron chi connectivity index (χ4n) is 1.66. The maximum Gasteiger partial charge on any atom is 0.124 e. The molecule has 10 heavy (non-hydrogen) atoms. The second kappa shape index (κ2) is 3.97. The van der Waals surface area contributed by atoms with Gasteiger partial charge in [0.1, 0.15) is 6.29 Å². The molecule has 58 valence electrons. The van der Waals surface area contributed by atoms with Gasteiger partial charge in [0.2, 0.25) is 0 Å². The average molecular weight is 161 g/mol. The van der Waals surface area contributed by atoms with Crippen LogP contribution in [0.4, 0.5) is 0 Å². The van der Waals surface area contributed by atoms with E-state index in [2.05, 4.69) is 0 Å². The molecular formula is C8H13ClO. The van der Waals surface area contributed by atoms with Crippen LogP contribution in [0.15, 0.2) is 0 Å². The van der Waals surface area contributed by atoms with Crippen molar-refractivity contribution in [2.75, 3.05) is 5.88 Å². The summed E-state index contributed by atoms with van der Waals surface area (Å²) in [6.07, 6.45) is 5.99. The van der Waals surface area contributed by atoms with Gasteiger partial charge < -0.3 is 4.79 Å². The van der Waals surface area contributed by atoms with Crippen LogP contribution in [0.5, 0.6) is 0 Å². The summed E-state index contributed by atoms with van der Waals surface area (Å²) in [4.78, 5) is 10.4. The number of halogens is 1. The van der Waals surface area contributed by atoms with Crippen molar-refractivity contribution in [3.8, 4) is 0 Å². The lowest BCUT2D eigenvalue weighted by Crippen LogP contribution is -2.14. The van der Waals surface area contributed by atoms with Gasteiger partial charge in [-0.25, -0.2) is 0 Å². The standard InChI is InChI=1S/C8H13ClO/c9-5-8(6-10)7-3-1-2-4-7/h6-8H,1-5H2. The van der Waals surface area contributed by atoms with E-state index in [1.807, 2.05) is 0 Å². The molecule has 0 spiro atoms. The van der Waals surface area contributed by atoms with Crippen molar-refractivity contribution in [1.29, 1.82) is 0 Å². The third kappa shape index (κ3) is 1.72. The predicted molar refractivity (Wildman–Crippen MR) is 42.2 cm³/mol. The van der Waals surface area contributed by atoms with Crippen molar-refractivity contribution in [1.82, 2.24) is 0 Å². The molecule has 0 aromatic heterocycles. The molecule has 0 aromatic rings. The van der Waals surface area contributed by atoms with Crippen LogP contribution >= 0.6 is 11.6 Å². The Hall–Kier alpha value is -0.0400. The fraction of sp³-hybridized carbons (Fsp3) is 0.875. The molecule has 0 aliphatic heterocycles. The Morgan fingerprint density at radius 1 is 1.50 bits per heavy atom. The van der Waals surface area contributed by atoms with Crippen LogP contribution in [-0.2, 0) is 4.79 Å². The zero-order valence-electron chi connectivity index (χ0n) is 6.05. The molecule has 0 heterocycles. The monoisotopic (exact) mass is 160 g/mol. The van der Waals surface area contributed by atoms with Crippen LogP contribution in [-0.4, -0.2) is 12.2 Å².